The van der Waals surface area contributed by atoms with E-state index in [9.17, 15) is 0 Å². The molecule has 0 spiro atoms. The molecule has 3 unspecified atom stereocenters. The number of hydrogen-bond acceptors (Lipinski definition) is 2. The van der Waals surface area contributed by atoms with Crippen LogP contribution in [0.5, 0.6) is 0 Å². The van der Waals surface area contributed by atoms with E-state index in [1.165, 1.54) is 23.1 Å². The first kappa shape index (κ1) is 22.9. The predicted molar refractivity (Wildman–Crippen MR) is 113 cm³/mol. The molecule has 0 aromatic rings. The molecular weight excluding hydrogens is 320 g/mol. The molecular formula is C24H40O2. The van der Waals surface area contributed by atoms with Crippen LogP contribution in [0.25, 0.3) is 0 Å². The first-order valence-electron chi connectivity index (χ1n) is 10.2. The predicted octanol–water partition coefficient (Wildman–Crippen LogP) is 7.14. The van der Waals surface area contributed by atoms with Gasteiger partial charge in [0.2, 0.25) is 0 Å². The first-order valence-corrected chi connectivity index (χ1v) is 10.2. The molecule has 2 nitrogen and oxygen atoms in total. The van der Waals surface area contributed by atoms with Gasteiger partial charge < -0.3 is 9.47 Å². The normalized spacial score (nSPS) is 24.5. The Balaban J connectivity index is 2.25. The van der Waals surface area contributed by atoms with Crippen LogP contribution < -0.4 is 0 Å². The van der Waals surface area contributed by atoms with Gasteiger partial charge in [-0.3, -0.25) is 0 Å². The van der Waals surface area contributed by atoms with Crippen molar-refractivity contribution in [3.63, 3.8) is 0 Å². The van der Waals surface area contributed by atoms with E-state index < -0.39 is 0 Å². The van der Waals surface area contributed by atoms with Gasteiger partial charge in [-0.25, -0.2) is 0 Å². The summed E-state index contributed by atoms with van der Waals surface area (Å²) >= 11 is 0. The Morgan fingerprint density at radius 2 is 1.42 bits per heavy atom. The summed E-state index contributed by atoms with van der Waals surface area (Å²) < 4.78 is 11.7. The third-order valence-electron chi connectivity index (χ3n) is 5.06. The topological polar surface area (TPSA) is 18.5 Å². The SMILES string of the molecule is C=C(CC/C=C(\C)CC/C=C(\C)CCC=C(C)C)C1OCC(C)C(C)O1. The van der Waals surface area contributed by atoms with Crippen molar-refractivity contribution in [3.05, 3.63) is 47.1 Å². The minimum Gasteiger partial charge on any atom is -0.348 e. The number of rotatable bonds is 10. The number of allylic oxidation sites excluding steroid dienone is 6. The van der Waals surface area contributed by atoms with E-state index in [4.69, 9.17) is 9.47 Å². The number of hydrogen-bond donors (Lipinski definition) is 0. The van der Waals surface area contributed by atoms with Gasteiger partial charge in [0, 0.05) is 5.92 Å². The molecule has 1 aliphatic rings. The molecule has 0 N–H and O–H groups in total. The van der Waals surface area contributed by atoms with Crippen LogP contribution in [0.15, 0.2) is 47.1 Å². The molecule has 0 saturated carbocycles. The van der Waals surface area contributed by atoms with E-state index in [0.717, 1.165) is 44.3 Å². The van der Waals surface area contributed by atoms with E-state index in [2.05, 4.69) is 66.3 Å². The van der Waals surface area contributed by atoms with Crippen molar-refractivity contribution in [3.8, 4) is 0 Å². The van der Waals surface area contributed by atoms with Crippen LogP contribution >= 0.6 is 0 Å². The summed E-state index contributed by atoms with van der Waals surface area (Å²) in [5.74, 6) is 0.458. The molecule has 1 heterocycles. The van der Waals surface area contributed by atoms with Crippen molar-refractivity contribution >= 4 is 0 Å². The van der Waals surface area contributed by atoms with Crippen molar-refractivity contribution in [2.75, 3.05) is 6.61 Å². The average molecular weight is 361 g/mol. The molecule has 26 heavy (non-hydrogen) atoms. The minimum atomic E-state index is -0.221. The van der Waals surface area contributed by atoms with E-state index in [-0.39, 0.29) is 12.4 Å². The third-order valence-corrected chi connectivity index (χ3v) is 5.06. The van der Waals surface area contributed by atoms with Gasteiger partial charge >= 0.3 is 0 Å². The van der Waals surface area contributed by atoms with Gasteiger partial charge in [-0.15, -0.1) is 0 Å². The maximum Gasteiger partial charge on any atom is 0.179 e. The first-order chi connectivity index (χ1) is 12.3. The fraction of sp³-hybridized carbons (Fsp3) is 0.667. The lowest BCUT2D eigenvalue weighted by atomic mass is 10.0. The van der Waals surface area contributed by atoms with E-state index in [1.807, 2.05) is 0 Å². The van der Waals surface area contributed by atoms with Gasteiger partial charge in [0.1, 0.15) is 0 Å². The van der Waals surface area contributed by atoms with Crippen LogP contribution in [0.3, 0.4) is 0 Å². The van der Waals surface area contributed by atoms with Crippen molar-refractivity contribution < 1.29 is 9.47 Å². The smallest absolute Gasteiger partial charge is 0.179 e. The molecule has 0 aliphatic carbocycles. The highest BCUT2D eigenvalue weighted by Gasteiger charge is 2.26. The average Bonchev–Trinajstić information content (AvgIpc) is 2.56. The second kappa shape index (κ2) is 12.3. The van der Waals surface area contributed by atoms with Gasteiger partial charge in [0.15, 0.2) is 6.29 Å². The highest BCUT2D eigenvalue weighted by atomic mass is 16.7. The summed E-state index contributed by atoms with van der Waals surface area (Å²) in [6, 6.07) is 0. The molecule has 0 aromatic carbocycles. The zero-order valence-corrected chi connectivity index (χ0v) is 17.9. The maximum absolute atomic E-state index is 5.90. The van der Waals surface area contributed by atoms with Crippen molar-refractivity contribution in [1.82, 2.24) is 0 Å². The molecule has 2 heteroatoms. The van der Waals surface area contributed by atoms with Crippen molar-refractivity contribution in [1.29, 1.82) is 0 Å². The molecule has 1 saturated heterocycles. The summed E-state index contributed by atoms with van der Waals surface area (Å²) in [6.07, 6.45) is 13.6. The lowest BCUT2D eigenvalue weighted by Gasteiger charge is -2.33. The summed E-state index contributed by atoms with van der Waals surface area (Å²) in [5.41, 5.74) is 5.42. The van der Waals surface area contributed by atoms with Crippen molar-refractivity contribution in [2.24, 2.45) is 5.92 Å². The van der Waals surface area contributed by atoms with E-state index in [1.54, 1.807) is 0 Å². The summed E-state index contributed by atoms with van der Waals surface area (Å²) in [5, 5.41) is 0. The minimum absolute atomic E-state index is 0.221. The quantitative estimate of drug-likeness (QED) is 0.385. The van der Waals surface area contributed by atoms with Crippen LogP contribution in [-0.2, 0) is 9.47 Å². The lowest BCUT2D eigenvalue weighted by molar-refractivity contribution is -0.210. The van der Waals surface area contributed by atoms with E-state index >= 15 is 0 Å². The maximum atomic E-state index is 5.90. The van der Waals surface area contributed by atoms with Crippen LogP contribution in [0.2, 0.25) is 0 Å². The molecule has 0 aromatic heterocycles. The van der Waals surface area contributed by atoms with Crippen LogP contribution in [0, 0.1) is 5.92 Å². The van der Waals surface area contributed by atoms with Crippen molar-refractivity contribution in [2.45, 2.75) is 92.5 Å². The van der Waals surface area contributed by atoms with Crippen LogP contribution in [0.1, 0.15) is 80.1 Å². The Morgan fingerprint density at radius 3 is 1.96 bits per heavy atom. The Bertz CT molecular complexity index is 520. The Hall–Kier alpha value is -1.12. The third kappa shape index (κ3) is 9.54. The largest absolute Gasteiger partial charge is 0.348 e. The summed E-state index contributed by atoms with van der Waals surface area (Å²) in [6.45, 7) is 18.0. The molecule has 0 radical (unpaired) electrons. The molecule has 1 aliphatic heterocycles. The lowest BCUT2D eigenvalue weighted by Crippen LogP contribution is -2.37. The second-order valence-corrected chi connectivity index (χ2v) is 8.14. The molecule has 1 fully saturated rings. The fourth-order valence-electron chi connectivity index (χ4n) is 2.92. The Labute approximate surface area is 162 Å². The van der Waals surface area contributed by atoms with Crippen LogP contribution in [0.4, 0.5) is 0 Å². The molecule has 1 rings (SSSR count). The Kier molecular flexibility index (Phi) is 10.8. The van der Waals surface area contributed by atoms with Crippen LogP contribution in [-0.4, -0.2) is 19.0 Å². The molecule has 0 amide bonds. The zero-order valence-electron chi connectivity index (χ0n) is 17.9. The molecule has 3 atom stereocenters. The Morgan fingerprint density at radius 1 is 0.885 bits per heavy atom. The fourth-order valence-corrected chi connectivity index (χ4v) is 2.92. The summed E-state index contributed by atoms with van der Waals surface area (Å²) in [7, 11) is 0. The zero-order chi connectivity index (χ0) is 19.5. The van der Waals surface area contributed by atoms with Gasteiger partial charge in [-0.2, -0.15) is 0 Å². The van der Waals surface area contributed by atoms with Gasteiger partial charge in [-0.1, -0.05) is 48.5 Å². The monoisotopic (exact) mass is 360 g/mol. The van der Waals surface area contributed by atoms with Gasteiger partial charge in [0.05, 0.1) is 12.7 Å². The van der Waals surface area contributed by atoms with E-state index in [0.29, 0.717) is 5.92 Å². The summed E-state index contributed by atoms with van der Waals surface area (Å²) in [4.78, 5) is 0. The highest BCUT2D eigenvalue weighted by molar-refractivity contribution is 5.07. The number of ether oxygens (including phenoxy) is 2. The van der Waals surface area contributed by atoms with Gasteiger partial charge in [-0.05, 0) is 78.7 Å². The standard InChI is InChI=1S/C24H40O2/c1-18(2)11-8-12-19(3)13-9-14-20(4)15-10-16-21(5)24-25-17-22(6)23(7)26-24/h11,13,15,22-24H,5,8-10,12,14,16-17H2,1-4,6-7H3/b19-13+,20-15+. The van der Waals surface area contributed by atoms with Gasteiger partial charge in [0.25, 0.3) is 0 Å². The molecule has 148 valence electrons. The molecule has 0 bridgehead atoms. The second-order valence-electron chi connectivity index (χ2n) is 8.14. The highest BCUT2D eigenvalue weighted by Crippen LogP contribution is 2.24.